The Morgan fingerprint density at radius 2 is 1.86 bits per heavy atom. The highest BCUT2D eigenvalue weighted by Crippen LogP contribution is 2.25. The van der Waals surface area contributed by atoms with Crippen LogP contribution in [0.1, 0.15) is 26.3 Å². The summed E-state index contributed by atoms with van der Waals surface area (Å²) in [4.78, 5) is 16.3. The molecule has 0 saturated carbocycles. The molecule has 0 aromatic heterocycles. The standard InChI is InChI=1S/C16H22N4O/c1-16(2,3)15(21)20-8-6-19(7-9-20)14-5-4-13(18)10-12(14)11-17/h4-5,10H,6-9,18H2,1-3H3. The van der Waals surface area contributed by atoms with Crippen LogP contribution in [0.15, 0.2) is 18.2 Å². The van der Waals surface area contributed by atoms with Gasteiger partial charge in [0.1, 0.15) is 6.07 Å². The fraction of sp³-hybridized carbons (Fsp3) is 0.500. The van der Waals surface area contributed by atoms with E-state index in [0.717, 1.165) is 18.8 Å². The number of nitrogens with two attached hydrogens (primary N) is 1. The SMILES string of the molecule is CC(C)(C)C(=O)N1CCN(c2ccc(N)cc2C#N)CC1. The van der Waals surface area contributed by atoms with E-state index in [2.05, 4.69) is 11.0 Å². The molecule has 1 heterocycles. The van der Waals surface area contributed by atoms with Gasteiger partial charge in [0.2, 0.25) is 5.91 Å². The Morgan fingerprint density at radius 3 is 2.38 bits per heavy atom. The van der Waals surface area contributed by atoms with Gasteiger partial charge >= 0.3 is 0 Å². The van der Waals surface area contributed by atoms with E-state index in [1.165, 1.54) is 0 Å². The summed E-state index contributed by atoms with van der Waals surface area (Å²) in [5.41, 5.74) is 7.45. The van der Waals surface area contributed by atoms with Gasteiger partial charge in [0.05, 0.1) is 11.3 Å². The number of anilines is 2. The van der Waals surface area contributed by atoms with Crippen molar-refractivity contribution in [1.29, 1.82) is 5.26 Å². The third kappa shape index (κ3) is 3.27. The van der Waals surface area contributed by atoms with Crippen LogP contribution in [0.2, 0.25) is 0 Å². The van der Waals surface area contributed by atoms with Crippen LogP contribution in [0.4, 0.5) is 11.4 Å². The van der Waals surface area contributed by atoms with Gasteiger partial charge < -0.3 is 15.5 Å². The Bertz CT molecular complexity index is 575. The van der Waals surface area contributed by atoms with Crippen LogP contribution in [0.5, 0.6) is 0 Å². The molecule has 5 nitrogen and oxygen atoms in total. The van der Waals surface area contributed by atoms with E-state index in [4.69, 9.17) is 5.73 Å². The zero-order valence-electron chi connectivity index (χ0n) is 12.9. The summed E-state index contributed by atoms with van der Waals surface area (Å²) in [6.45, 7) is 8.66. The maximum atomic E-state index is 12.3. The van der Waals surface area contributed by atoms with Crippen LogP contribution >= 0.6 is 0 Å². The molecule has 2 rings (SSSR count). The number of carbonyl (C=O) groups is 1. The number of carbonyl (C=O) groups excluding carboxylic acids is 1. The molecule has 1 saturated heterocycles. The average molecular weight is 286 g/mol. The normalized spacial score (nSPS) is 15.7. The molecule has 1 aliphatic rings. The number of benzene rings is 1. The molecule has 0 aliphatic carbocycles. The van der Waals surface area contributed by atoms with Crippen molar-refractivity contribution >= 4 is 17.3 Å². The lowest BCUT2D eigenvalue weighted by Crippen LogP contribution is -2.51. The zero-order chi connectivity index (χ0) is 15.6. The third-order valence-electron chi connectivity index (χ3n) is 3.69. The highest BCUT2D eigenvalue weighted by Gasteiger charge is 2.30. The average Bonchev–Trinajstić information content (AvgIpc) is 2.45. The summed E-state index contributed by atoms with van der Waals surface area (Å²) in [6.07, 6.45) is 0. The van der Waals surface area contributed by atoms with Gasteiger partial charge in [0.15, 0.2) is 0 Å². The highest BCUT2D eigenvalue weighted by atomic mass is 16.2. The molecule has 21 heavy (non-hydrogen) atoms. The van der Waals surface area contributed by atoms with E-state index in [1.54, 1.807) is 6.07 Å². The molecule has 0 unspecified atom stereocenters. The van der Waals surface area contributed by atoms with Crippen LogP contribution in [-0.4, -0.2) is 37.0 Å². The number of hydrogen-bond acceptors (Lipinski definition) is 4. The van der Waals surface area contributed by atoms with Gasteiger partial charge in [-0.2, -0.15) is 5.26 Å². The lowest BCUT2D eigenvalue weighted by Gasteiger charge is -2.39. The molecule has 0 spiro atoms. The first-order chi connectivity index (χ1) is 9.82. The van der Waals surface area contributed by atoms with Crippen LogP contribution in [0.3, 0.4) is 0 Å². The summed E-state index contributed by atoms with van der Waals surface area (Å²) in [5, 5.41) is 9.22. The first-order valence-electron chi connectivity index (χ1n) is 7.17. The van der Waals surface area contributed by atoms with Crippen LogP contribution in [0.25, 0.3) is 0 Å². The lowest BCUT2D eigenvalue weighted by molar-refractivity contribution is -0.139. The molecular weight excluding hydrogens is 264 g/mol. The Kier molecular flexibility index (Phi) is 4.08. The minimum atomic E-state index is -0.346. The number of nitriles is 1. The minimum Gasteiger partial charge on any atom is -0.399 e. The number of nitrogens with zero attached hydrogens (tertiary/aromatic N) is 3. The maximum Gasteiger partial charge on any atom is 0.228 e. The van der Waals surface area contributed by atoms with E-state index in [0.29, 0.717) is 24.3 Å². The summed E-state index contributed by atoms with van der Waals surface area (Å²) < 4.78 is 0. The van der Waals surface area contributed by atoms with E-state index in [1.807, 2.05) is 37.8 Å². The van der Waals surface area contributed by atoms with Gasteiger partial charge in [-0.3, -0.25) is 4.79 Å². The number of rotatable bonds is 1. The predicted molar refractivity (Wildman–Crippen MR) is 83.8 cm³/mol. The van der Waals surface area contributed by atoms with E-state index in [9.17, 15) is 10.1 Å². The maximum absolute atomic E-state index is 12.3. The molecule has 1 amide bonds. The zero-order valence-corrected chi connectivity index (χ0v) is 12.9. The molecule has 1 aliphatic heterocycles. The van der Waals surface area contributed by atoms with Crippen LogP contribution < -0.4 is 10.6 Å². The fourth-order valence-electron chi connectivity index (χ4n) is 2.54. The third-order valence-corrected chi connectivity index (χ3v) is 3.69. The predicted octanol–water partition coefficient (Wildman–Crippen LogP) is 1.84. The lowest BCUT2D eigenvalue weighted by atomic mass is 9.94. The van der Waals surface area contributed by atoms with Crippen LogP contribution in [0, 0.1) is 16.7 Å². The van der Waals surface area contributed by atoms with E-state index in [-0.39, 0.29) is 11.3 Å². The van der Waals surface area contributed by atoms with Gasteiger partial charge in [-0.25, -0.2) is 0 Å². The smallest absolute Gasteiger partial charge is 0.228 e. The van der Waals surface area contributed by atoms with Gasteiger partial charge in [0, 0.05) is 37.3 Å². The Morgan fingerprint density at radius 1 is 1.24 bits per heavy atom. The number of hydrogen-bond donors (Lipinski definition) is 1. The molecule has 5 heteroatoms. The summed E-state index contributed by atoms with van der Waals surface area (Å²) >= 11 is 0. The van der Waals surface area contributed by atoms with Crippen molar-refractivity contribution in [1.82, 2.24) is 4.90 Å². The molecule has 0 radical (unpaired) electrons. The molecule has 0 bridgehead atoms. The summed E-state index contributed by atoms with van der Waals surface area (Å²) in [7, 11) is 0. The van der Waals surface area contributed by atoms with Crippen molar-refractivity contribution in [2.75, 3.05) is 36.8 Å². The number of nitrogen functional groups attached to an aromatic ring is 1. The Hall–Kier alpha value is -2.22. The second-order valence-electron chi connectivity index (χ2n) is 6.42. The van der Waals surface area contributed by atoms with E-state index < -0.39 is 0 Å². The summed E-state index contributed by atoms with van der Waals surface area (Å²) in [6, 6.07) is 7.58. The monoisotopic (exact) mass is 286 g/mol. The largest absolute Gasteiger partial charge is 0.399 e. The molecule has 1 fully saturated rings. The van der Waals surface area contributed by atoms with Crippen molar-refractivity contribution in [3.8, 4) is 6.07 Å². The first-order valence-corrected chi connectivity index (χ1v) is 7.17. The van der Waals surface area contributed by atoms with E-state index >= 15 is 0 Å². The molecule has 0 atom stereocenters. The molecule has 2 N–H and O–H groups in total. The highest BCUT2D eigenvalue weighted by molar-refractivity contribution is 5.81. The van der Waals surface area contributed by atoms with Gasteiger partial charge in [-0.05, 0) is 18.2 Å². The second-order valence-corrected chi connectivity index (χ2v) is 6.42. The Balaban J connectivity index is 2.09. The van der Waals surface area contributed by atoms with Crippen molar-refractivity contribution in [3.05, 3.63) is 23.8 Å². The molecule has 1 aromatic rings. The fourth-order valence-corrected chi connectivity index (χ4v) is 2.54. The molecular formula is C16H22N4O. The van der Waals surface area contributed by atoms with Crippen molar-refractivity contribution < 1.29 is 4.79 Å². The quantitative estimate of drug-likeness (QED) is 0.799. The Labute approximate surface area is 125 Å². The topological polar surface area (TPSA) is 73.4 Å². The second kappa shape index (κ2) is 5.65. The van der Waals surface area contributed by atoms with Gasteiger partial charge in [0.25, 0.3) is 0 Å². The van der Waals surface area contributed by atoms with Crippen molar-refractivity contribution in [2.45, 2.75) is 20.8 Å². The summed E-state index contributed by atoms with van der Waals surface area (Å²) in [5.74, 6) is 0.181. The van der Waals surface area contributed by atoms with Gasteiger partial charge in [-0.1, -0.05) is 20.8 Å². The molecule has 1 aromatic carbocycles. The number of piperazine rings is 1. The van der Waals surface area contributed by atoms with Crippen molar-refractivity contribution in [2.24, 2.45) is 5.41 Å². The first kappa shape index (κ1) is 15.2. The van der Waals surface area contributed by atoms with Gasteiger partial charge in [-0.15, -0.1) is 0 Å². The number of amides is 1. The van der Waals surface area contributed by atoms with Crippen LogP contribution in [-0.2, 0) is 4.79 Å². The molecule has 112 valence electrons. The minimum absolute atomic E-state index is 0.181. The van der Waals surface area contributed by atoms with Crippen molar-refractivity contribution in [3.63, 3.8) is 0 Å².